The number of aromatic nitrogens is 3. The summed E-state index contributed by atoms with van der Waals surface area (Å²) in [6, 6.07) is 11.1. The zero-order chi connectivity index (χ0) is 17.6. The predicted molar refractivity (Wildman–Crippen MR) is 99.6 cm³/mol. The van der Waals surface area contributed by atoms with Crippen LogP contribution in [-0.4, -0.2) is 20.9 Å². The van der Waals surface area contributed by atoms with Crippen molar-refractivity contribution in [3.05, 3.63) is 76.3 Å². The number of amides is 1. The highest BCUT2D eigenvalue weighted by Gasteiger charge is 2.09. The van der Waals surface area contributed by atoms with E-state index >= 15 is 0 Å². The van der Waals surface area contributed by atoms with Gasteiger partial charge in [0.05, 0.1) is 0 Å². The summed E-state index contributed by atoms with van der Waals surface area (Å²) in [6.07, 6.45) is 4.94. The van der Waals surface area contributed by atoms with Gasteiger partial charge in [-0.25, -0.2) is 9.97 Å². The lowest BCUT2D eigenvalue weighted by atomic mass is 10.2. The molecule has 0 atom stereocenters. The van der Waals surface area contributed by atoms with Crippen LogP contribution in [0.4, 0.5) is 11.6 Å². The smallest absolute Gasteiger partial charge is 0.270 e. The Morgan fingerprint density at radius 1 is 1.12 bits per heavy atom. The molecule has 2 heterocycles. The fourth-order valence-corrected chi connectivity index (χ4v) is 2.42. The molecule has 3 aromatic rings. The SMILES string of the molecule is Cc1cc(Nc2nccc(C(=O)NCc3ccncc3)n2)ccc1Br. The van der Waals surface area contributed by atoms with Gasteiger partial charge in [0.1, 0.15) is 5.69 Å². The number of benzene rings is 1. The summed E-state index contributed by atoms with van der Waals surface area (Å²) >= 11 is 3.47. The number of halogens is 1. The first-order valence-electron chi connectivity index (χ1n) is 7.65. The number of aryl methyl sites for hydroxylation is 1. The molecule has 0 spiro atoms. The molecule has 0 bridgehead atoms. The third-order valence-electron chi connectivity index (χ3n) is 3.50. The third-order valence-corrected chi connectivity index (χ3v) is 4.39. The molecule has 0 saturated carbocycles. The molecule has 0 aliphatic heterocycles. The van der Waals surface area contributed by atoms with Gasteiger partial charge in [0.2, 0.25) is 5.95 Å². The lowest BCUT2D eigenvalue weighted by molar-refractivity contribution is 0.0946. The van der Waals surface area contributed by atoms with Crippen molar-refractivity contribution in [2.45, 2.75) is 13.5 Å². The molecule has 0 unspecified atom stereocenters. The van der Waals surface area contributed by atoms with Crippen LogP contribution in [0, 0.1) is 6.92 Å². The average molecular weight is 398 g/mol. The predicted octanol–water partition coefficient (Wildman–Crippen LogP) is 3.62. The largest absolute Gasteiger partial charge is 0.347 e. The maximum absolute atomic E-state index is 12.3. The van der Waals surface area contributed by atoms with Gasteiger partial charge in [-0.05, 0) is 54.4 Å². The second-order valence-electron chi connectivity index (χ2n) is 5.39. The number of hydrogen-bond acceptors (Lipinski definition) is 5. The zero-order valence-corrected chi connectivity index (χ0v) is 15.1. The zero-order valence-electron chi connectivity index (χ0n) is 13.5. The van der Waals surface area contributed by atoms with E-state index in [4.69, 9.17) is 0 Å². The minimum absolute atomic E-state index is 0.255. The highest BCUT2D eigenvalue weighted by atomic mass is 79.9. The molecule has 3 rings (SSSR count). The Labute approximate surface area is 153 Å². The second-order valence-corrected chi connectivity index (χ2v) is 6.25. The summed E-state index contributed by atoms with van der Waals surface area (Å²) < 4.78 is 1.03. The highest BCUT2D eigenvalue weighted by molar-refractivity contribution is 9.10. The van der Waals surface area contributed by atoms with Gasteiger partial charge in [0.25, 0.3) is 5.91 Å². The molecule has 1 aromatic carbocycles. The first-order valence-corrected chi connectivity index (χ1v) is 8.44. The van der Waals surface area contributed by atoms with Gasteiger partial charge in [0, 0.05) is 35.3 Å². The van der Waals surface area contributed by atoms with Crippen LogP contribution in [0.3, 0.4) is 0 Å². The molecule has 2 N–H and O–H groups in total. The molecule has 7 heteroatoms. The normalized spacial score (nSPS) is 10.3. The summed E-state index contributed by atoms with van der Waals surface area (Å²) in [7, 11) is 0. The lowest BCUT2D eigenvalue weighted by Crippen LogP contribution is -2.24. The number of rotatable bonds is 5. The Balaban J connectivity index is 1.68. The Hall–Kier alpha value is -2.80. The van der Waals surface area contributed by atoms with Gasteiger partial charge in [-0.15, -0.1) is 0 Å². The molecule has 0 aliphatic rings. The van der Waals surface area contributed by atoms with E-state index in [-0.39, 0.29) is 5.91 Å². The molecule has 0 radical (unpaired) electrons. The first-order chi connectivity index (χ1) is 12.1. The molecule has 6 nitrogen and oxygen atoms in total. The maximum Gasteiger partial charge on any atom is 0.270 e. The number of hydrogen-bond donors (Lipinski definition) is 2. The van der Waals surface area contributed by atoms with E-state index in [1.54, 1.807) is 24.7 Å². The van der Waals surface area contributed by atoms with Crippen LogP contribution in [0.5, 0.6) is 0 Å². The van der Waals surface area contributed by atoms with Crippen molar-refractivity contribution < 1.29 is 4.79 Å². The van der Waals surface area contributed by atoms with Crippen molar-refractivity contribution in [3.8, 4) is 0 Å². The highest BCUT2D eigenvalue weighted by Crippen LogP contribution is 2.21. The molecule has 0 aliphatic carbocycles. The van der Waals surface area contributed by atoms with Crippen LogP contribution in [0.2, 0.25) is 0 Å². The molecular weight excluding hydrogens is 382 g/mol. The minimum Gasteiger partial charge on any atom is -0.347 e. The Kier molecular flexibility index (Phi) is 5.35. The summed E-state index contributed by atoms with van der Waals surface area (Å²) in [5, 5.41) is 5.94. The van der Waals surface area contributed by atoms with E-state index in [2.05, 4.69) is 41.5 Å². The summed E-state index contributed by atoms with van der Waals surface area (Å²) in [6.45, 7) is 2.42. The Morgan fingerprint density at radius 2 is 1.92 bits per heavy atom. The summed E-state index contributed by atoms with van der Waals surface area (Å²) in [5.41, 5.74) is 3.23. The van der Waals surface area contributed by atoms with Gasteiger partial charge in [0.15, 0.2) is 0 Å². The standard InChI is InChI=1S/C18H16BrN5O/c1-12-10-14(2-3-15(12)19)23-18-21-9-6-16(24-18)17(25)22-11-13-4-7-20-8-5-13/h2-10H,11H2,1H3,(H,22,25)(H,21,23,24). The molecule has 0 saturated heterocycles. The number of pyridine rings is 1. The third kappa shape index (κ3) is 4.60. The molecular formula is C18H16BrN5O. The molecule has 1 amide bonds. The van der Waals surface area contributed by atoms with E-state index in [1.165, 1.54) is 0 Å². The van der Waals surface area contributed by atoms with Crippen LogP contribution in [-0.2, 0) is 6.54 Å². The van der Waals surface area contributed by atoms with Gasteiger partial charge < -0.3 is 10.6 Å². The number of anilines is 2. The maximum atomic E-state index is 12.3. The number of nitrogens with one attached hydrogen (secondary N) is 2. The topological polar surface area (TPSA) is 79.8 Å². The van der Waals surface area contributed by atoms with Gasteiger partial charge in [-0.1, -0.05) is 15.9 Å². The van der Waals surface area contributed by atoms with E-state index in [9.17, 15) is 4.79 Å². The molecule has 126 valence electrons. The molecule has 0 fully saturated rings. The quantitative estimate of drug-likeness (QED) is 0.687. The van der Waals surface area contributed by atoms with Crippen molar-refractivity contribution in [1.29, 1.82) is 0 Å². The fraction of sp³-hybridized carbons (Fsp3) is 0.111. The fourth-order valence-electron chi connectivity index (χ4n) is 2.17. The number of carbonyl (C=O) groups is 1. The molecule has 2 aromatic heterocycles. The van der Waals surface area contributed by atoms with Crippen molar-refractivity contribution in [2.75, 3.05) is 5.32 Å². The average Bonchev–Trinajstić information content (AvgIpc) is 2.64. The van der Waals surface area contributed by atoms with Gasteiger partial charge >= 0.3 is 0 Å². The monoisotopic (exact) mass is 397 g/mol. The summed E-state index contributed by atoms with van der Waals surface area (Å²) in [5.74, 6) is 0.118. The number of nitrogens with zero attached hydrogens (tertiary/aromatic N) is 3. The van der Waals surface area contributed by atoms with Crippen molar-refractivity contribution in [1.82, 2.24) is 20.3 Å². The lowest BCUT2D eigenvalue weighted by Gasteiger charge is -2.08. The van der Waals surface area contributed by atoms with Crippen LogP contribution < -0.4 is 10.6 Å². The van der Waals surface area contributed by atoms with Crippen LogP contribution in [0.15, 0.2) is 59.5 Å². The van der Waals surface area contributed by atoms with E-state index in [0.29, 0.717) is 18.2 Å². The Bertz CT molecular complexity index is 886. The van der Waals surface area contributed by atoms with Gasteiger partial charge in [-0.2, -0.15) is 0 Å². The van der Waals surface area contributed by atoms with E-state index in [0.717, 1.165) is 21.3 Å². The van der Waals surface area contributed by atoms with Gasteiger partial charge in [-0.3, -0.25) is 9.78 Å². The van der Waals surface area contributed by atoms with Crippen molar-refractivity contribution in [2.24, 2.45) is 0 Å². The summed E-state index contributed by atoms with van der Waals surface area (Å²) in [4.78, 5) is 24.7. The van der Waals surface area contributed by atoms with E-state index < -0.39 is 0 Å². The molecule has 25 heavy (non-hydrogen) atoms. The van der Waals surface area contributed by atoms with Crippen LogP contribution in [0.1, 0.15) is 21.6 Å². The Morgan fingerprint density at radius 3 is 2.68 bits per heavy atom. The van der Waals surface area contributed by atoms with Crippen LogP contribution in [0.25, 0.3) is 0 Å². The minimum atomic E-state index is -0.255. The second kappa shape index (κ2) is 7.85. The first kappa shape index (κ1) is 17.0. The van der Waals surface area contributed by atoms with Crippen molar-refractivity contribution in [3.63, 3.8) is 0 Å². The van der Waals surface area contributed by atoms with E-state index in [1.807, 2.05) is 37.3 Å². The number of carbonyl (C=O) groups excluding carboxylic acids is 1. The van der Waals surface area contributed by atoms with Crippen molar-refractivity contribution >= 4 is 33.5 Å². The van der Waals surface area contributed by atoms with Crippen LogP contribution >= 0.6 is 15.9 Å².